The summed E-state index contributed by atoms with van der Waals surface area (Å²) in [6.07, 6.45) is 0.884. The number of hydrogen-bond acceptors (Lipinski definition) is 4. The molecule has 0 atom stereocenters. The normalized spacial score (nSPS) is 11.5. The zero-order valence-electron chi connectivity index (χ0n) is 16.6. The quantitative estimate of drug-likeness (QED) is 0.614. The third-order valence-corrected chi connectivity index (χ3v) is 5.71. The van der Waals surface area contributed by atoms with Crippen molar-refractivity contribution in [2.45, 2.75) is 26.8 Å². The Kier molecular flexibility index (Phi) is 6.31. The number of ether oxygens (including phenoxy) is 2. The lowest BCUT2D eigenvalue weighted by molar-refractivity contribution is 0.0997. The molecular weight excluding hydrogens is 372 g/mol. The van der Waals surface area contributed by atoms with Crippen LogP contribution in [0.25, 0.3) is 11.3 Å². The van der Waals surface area contributed by atoms with Crippen molar-refractivity contribution in [2.75, 3.05) is 14.2 Å². The maximum absolute atomic E-state index is 12.8. The molecular formula is C22H24N2O3S. The minimum atomic E-state index is -0.299. The van der Waals surface area contributed by atoms with E-state index in [9.17, 15) is 4.79 Å². The van der Waals surface area contributed by atoms with Gasteiger partial charge in [0.2, 0.25) is 0 Å². The van der Waals surface area contributed by atoms with Gasteiger partial charge in [0.1, 0.15) is 0 Å². The predicted octanol–water partition coefficient (Wildman–Crippen LogP) is 4.56. The number of methoxy groups -OCH3 is 2. The van der Waals surface area contributed by atoms with Crippen molar-refractivity contribution in [3.63, 3.8) is 0 Å². The molecule has 0 unspecified atom stereocenters. The highest BCUT2D eigenvalue weighted by atomic mass is 32.1. The SMILES string of the molecule is CCc1sc(=NC(=O)c2ccc(OC)c(OC)c2)n(CC)c1-c1ccccc1. The number of nitrogens with zero attached hydrogens (tertiary/aromatic N) is 2. The zero-order valence-corrected chi connectivity index (χ0v) is 17.4. The molecule has 1 heterocycles. The van der Waals surface area contributed by atoms with Crippen molar-refractivity contribution >= 4 is 17.2 Å². The molecule has 5 nitrogen and oxygen atoms in total. The van der Waals surface area contributed by atoms with Gasteiger partial charge in [-0.2, -0.15) is 4.99 Å². The first kappa shape index (κ1) is 19.9. The summed E-state index contributed by atoms with van der Waals surface area (Å²) in [4.78, 5) is 19.2. The molecule has 0 bridgehead atoms. The van der Waals surface area contributed by atoms with Gasteiger partial charge in [-0.15, -0.1) is 11.3 Å². The molecule has 3 rings (SSSR count). The maximum atomic E-state index is 12.8. The number of thiazole rings is 1. The molecule has 0 aliphatic rings. The maximum Gasteiger partial charge on any atom is 0.279 e. The summed E-state index contributed by atoms with van der Waals surface area (Å²) in [6, 6.07) is 15.3. The fourth-order valence-electron chi connectivity index (χ4n) is 3.11. The van der Waals surface area contributed by atoms with Gasteiger partial charge < -0.3 is 14.0 Å². The molecule has 146 valence electrons. The second kappa shape index (κ2) is 8.89. The van der Waals surface area contributed by atoms with Gasteiger partial charge >= 0.3 is 0 Å². The molecule has 0 aliphatic heterocycles. The summed E-state index contributed by atoms with van der Waals surface area (Å²) in [5.74, 6) is 0.794. The molecule has 0 saturated heterocycles. The van der Waals surface area contributed by atoms with Gasteiger partial charge in [-0.05, 0) is 37.1 Å². The minimum absolute atomic E-state index is 0.299. The zero-order chi connectivity index (χ0) is 20.1. The molecule has 2 aromatic carbocycles. The third-order valence-electron chi connectivity index (χ3n) is 4.49. The molecule has 0 radical (unpaired) electrons. The number of aromatic nitrogens is 1. The van der Waals surface area contributed by atoms with Crippen LogP contribution >= 0.6 is 11.3 Å². The van der Waals surface area contributed by atoms with Gasteiger partial charge in [-0.1, -0.05) is 37.3 Å². The van der Waals surface area contributed by atoms with E-state index < -0.39 is 0 Å². The van der Waals surface area contributed by atoms with Gasteiger partial charge in [0.05, 0.1) is 19.9 Å². The third kappa shape index (κ3) is 3.87. The lowest BCUT2D eigenvalue weighted by Gasteiger charge is -2.09. The topological polar surface area (TPSA) is 52.8 Å². The second-order valence-corrected chi connectivity index (χ2v) is 7.17. The van der Waals surface area contributed by atoms with Crippen LogP contribution in [-0.4, -0.2) is 24.7 Å². The first-order chi connectivity index (χ1) is 13.6. The number of carbonyl (C=O) groups excluding carboxylic acids is 1. The molecule has 6 heteroatoms. The number of benzene rings is 2. The Morgan fingerprint density at radius 2 is 1.75 bits per heavy atom. The van der Waals surface area contributed by atoms with E-state index in [0.717, 1.165) is 24.2 Å². The molecule has 1 aromatic heterocycles. The Morgan fingerprint density at radius 1 is 1.04 bits per heavy atom. The summed E-state index contributed by atoms with van der Waals surface area (Å²) in [5.41, 5.74) is 2.74. The Labute approximate surface area is 168 Å². The number of aryl methyl sites for hydroxylation is 1. The van der Waals surface area contributed by atoms with Crippen molar-refractivity contribution in [3.8, 4) is 22.8 Å². The molecule has 28 heavy (non-hydrogen) atoms. The van der Waals surface area contributed by atoms with Crippen LogP contribution in [0.1, 0.15) is 29.1 Å². The molecule has 0 fully saturated rings. The van der Waals surface area contributed by atoms with Crippen molar-refractivity contribution in [1.82, 2.24) is 4.57 Å². The summed E-state index contributed by atoms with van der Waals surface area (Å²) in [7, 11) is 3.12. The van der Waals surface area contributed by atoms with Gasteiger partial charge in [-0.3, -0.25) is 4.79 Å². The number of carbonyl (C=O) groups is 1. The molecule has 0 saturated carbocycles. The van der Waals surface area contributed by atoms with E-state index in [1.807, 2.05) is 18.2 Å². The van der Waals surface area contributed by atoms with Crippen molar-refractivity contribution in [3.05, 3.63) is 63.8 Å². The first-order valence-corrected chi connectivity index (χ1v) is 10.0. The lowest BCUT2D eigenvalue weighted by atomic mass is 10.1. The Balaban J connectivity index is 2.10. The van der Waals surface area contributed by atoms with E-state index in [1.54, 1.807) is 43.8 Å². The largest absolute Gasteiger partial charge is 0.493 e. The van der Waals surface area contributed by atoms with Gasteiger partial charge in [0.25, 0.3) is 5.91 Å². The summed E-state index contributed by atoms with van der Waals surface area (Å²) < 4.78 is 12.6. The Bertz CT molecular complexity index is 1040. The summed E-state index contributed by atoms with van der Waals surface area (Å²) >= 11 is 1.57. The van der Waals surface area contributed by atoms with Crippen LogP contribution in [0.5, 0.6) is 11.5 Å². The standard InChI is InChI=1S/C22H24N2O3S/c1-5-19-20(15-10-8-7-9-11-15)24(6-2)22(28-19)23-21(25)16-12-13-17(26-3)18(14-16)27-4/h7-14H,5-6H2,1-4H3. The highest BCUT2D eigenvalue weighted by Crippen LogP contribution is 2.28. The first-order valence-electron chi connectivity index (χ1n) is 9.21. The number of hydrogen-bond donors (Lipinski definition) is 0. The molecule has 0 N–H and O–H groups in total. The average Bonchev–Trinajstić information content (AvgIpc) is 3.10. The van der Waals surface area contributed by atoms with E-state index in [0.29, 0.717) is 21.9 Å². The van der Waals surface area contributed by atoms with Crippen molar-refractivity contribution < 1.29 is 14.3 Å². The fraction of sp³-hybridized carbons (Fsp3) is 0.273. The van der Waals surface area contributed by atoms with Crippen LogP contribution in [0.3, 0.4) is 0 Å². The number of amides is 1. The van der Waals surface area contributed by atoms with Crippen LogP contribution in [0.15, 0.2) is 53.5 Å². The summed E-state index contributed by atoms with van der Waals surface area (Å²) in [5, 5.41) is 0. The van der Waals surface area contributed by atoms with E-state index >= 15 is 0 Å². The van der Waals surface area contributed by atoms with Crippen LogP contribution in [-0.2, 0) is 13.0 Å². The van der Waals surface area contributed by atoms with Gasteiger partial charge in [0.15, 0.2) is 16.3 Å². The van der Waals surface area contributed by atoms with Crippen molar-refractivity contribution in [1.29, 1.82) is 0 Å². The van der Waals surface area contributed by atoms with Crippen LogP contribution in [0.4, 0.5) is 0 Å². The van der Waals surface area contributed by atoms with Gasteiger partial charge in [0, 0.05) is 17.0 Å². The van der Waals surface area contributed by atoms with Gasteiger partial charge in [-0.25, -0.2) is 0 Å². The highest BCUT2D eigenvalue weighted by molar-refractivity contribution is 7.09. The second-order valence-electron chi connectivity index (χ2n) is 6.11. The molecule has 3 aromatic rings. The van der Waals surface area contributed by atoms with Crippen LogP contribution in [0.2, 0.25) is 0 Å². The monoisotopic (exact) mass is 396 g/mol. The number of rotatable bonds is 6. The predicted molar refractivity (Wildman–Crippen MR) is 112 cm³/mol. The molecule has 0 aliphatic carbocycles. The van der Waals surface area contributed by atoms with E-state index in [4.69, 9.17) is 9.47 Å². The Morgan fingerprint density at radius 3 is 2.36 bits per heavy atom. The fourth-order valence-corrected chi connectivity index (χ4v) is 4.26. The van der Waals surface area contributed by atoms with Crippen molar-refractivity contribution in [2.24, 2.45) is 4.99 Å². The lowest BCUT2D eigenvalue weighted by Crippen LogP contribution is -2.17. The van der Waals surface area contributed by atoms with E-state index in [2.05, 4.69) is 35.5 Å². The van der Waals surface area contributed by atoms with Crippen LogP contribution in [0, 0.1) is 0 Å². The smallest absolute Gasteiger partial charge is 0.279 e. The van der Waals surface area contributed by atoms with E-state index in [1.165, 1.54) is 4.88 Å². The highest BCUT2D eigenvalue weighted by Gasteiger charge is 2.15. The molecule has 1 amide bonds. The molecule has 0 spiro atoms. The Hall–Kier alpha value is -2.86. The van der Waals surface area contributed by atoms with E-state index in [-0.39, 0.29) is 5.91 Å². The van der Waals surface area contributed by atoms with Crippen LogP contribution < -0.4 is 14.3 Å². The minimum Gasteiger partial charge on any atom is -0.493 e. The average molecular weight is 397 g/mol. The summed E-state index contributed by atoms with van der Waals surface area (Å²) in [6.45, 7) is 4.93.